The molecule has 0 saturated heterocycles. The molecule has 8 rings (SSSR count). The van der Waals surface area contributed by atoms with Gasteiger partial charge in [0.05, 0.1) is 0 Å². The summed E-state index contributed by atoms with van der Waals surface area (Å²) in [6, 6.07) is 50.8. The van der Waals surface area contributed by atoms with Crippen molar-refractivity contribution in [2.75, 3.05) is 0 Å². The second-order valence-electron chi connectivity index (χ2n) is 17.2. The van der Waals surface area contributed by atoms with Crippen molar-refractivity contribution in [3.8, 4) is 22.3 Å². The molecular weight excluding hydrogens is 858 g/mol. The zero-order chi connectivity index (χ0) is 42.0. The van der Waals surface area contributed by atoms with Crippen LogP contribution in [-0.4, -0.2) is 17.3 Å². The van der Waals surface area contributed by atoms with Gasteiger partial charge in [-0.3, -0.25) is 0 Å². The molecule has 4 nitrogen and oxygen atoms in total. The molecule has 0 fully saturated rings. The van der Waals surface area contributed by atoms with Crippen LogP contribution in [0.15, 0.2) is 146 Å². The van der Waals surface area contributed by atoms with Gasteiger partial charge in [0.25, 0.3) is 0 Å². The van der Waals surface area contributed by atoms with Gasteiger partial charge in [-0.15, -0.1) is 0 Å². The molecule has 2 aliphatic carbocycles. The fourth-order valence-corrected chi connectivity index (χ4v) is 29.7. The van der Waals surface area contributed by atoms with E-state index in [1.54, 1.807) is 0 Å². The summed E-state index contributed by atoms with van der Waals surface area (Å²) in [5, 5.41) is 6.06. The maximum atomic E-state index is 12.9. The number of hydrogen-bond acceptors (Lipinski definition) is 2. The number of carbonyl (C=O) groups excluding carboxylic acids is 2. The fraction of sp³-hybridized carbons (Fsp3) is 0.192. The van der Waals surface area contributed by atoms with Crippen molar-refractivity contribution in [1.29, 1.82) is 0 Å². The van der Waals surface area contributed by atoms with Crippen LogP contribution in [0.5, 0.6) is 0 Å². The molecule has 301 valence electrons. The zero-order valence-electron chi connectivity index (χ0n) is 34.5. The van der Waals surface area contributed by atoms with Gasteiger partial charge in [-0.05, 0) is 0 Å². The molecule has 6 aromatic rings. The van der Waals surface area contributed by atoms with Gasteiger partial charge in [-0.1, -0.05) is 0 Å². The minimum atomic E-state index is -6.22. The Labute approximate surface area is 363 Å². The molecular formula is C52H50BCl2N2O2Zr. The molecule has 0 aliphatic heterocycles. The summed E-state index contributed by atoms with van der Waals surface area (Å²) < 4.78 is -2.21. The number of allylic oxidation sites excluding steroid dienone is 2. The van der Waals surface area contributed by atoms with Crippen LogP contribution in [-0.2, 0) is 38.6 Å². The third-order valence-electron chi connectivity index (χ3n) is 12.3. The van der Waals surface area contributed by atoms with E-state index in [0.717, 1.165) is 68.5 Å². The van der Waals surface area contributed by atoms with Crippen LogP contribution >= 0.6 is 17.0 Å². The van der Waals surface area contributed by atoms with Crippen LogP contribution in [0.3, 0.4) is 0 Å². The number of nitrogens with one attached hydrogen (secondary N) is 2. The Balaban J connectivity index is 1.46. The van der Waals surface area contributed by atoms with E-state index in [1.165, 1.54) is 22.3 Å². The van der Waals surface area contributed by atoms with Crippen LogP contribution in [0.1, 0.15) is 79.5 Å². The molecule has 60 heavy (non-hydrogen) atoms. The van der Waals surface area contributed by atoms with Gasteiger partial charge in [0.2, 0.25) is 0 Å². The fourth-order valence-electron chi connectivity index (χ4n) is 10.0. The molecule has 2 aliphatic rings. The van der Waals surface area contributed by atoms with Gasteiger partial charge in [-0.25, -0.2) is 0 Å². The van der Waals surface area contributed by atoms with Crippen LogP contribution in [0.4, 0.5) is 0 Å². The topological polar surface area (TPSA) is 58.2 Å². The van der Waals surface area contributed by atoms with E-state index < -0.39 is 27.9 Å². The van der Waals surface area contributed by atoms with Crippen molar-refractivity contribution in [1.82, 2.24) is 10.5 Å². The van der Waals surface area contributed by atoms with Gasteiger partial charge in [-0.2, -0.15) is 0 Å². The van der Waals surface area contributed by atoms with E-state index in [1.807, 2.05) is 36.4 Å². The maximum absolute atomic E-state index is 12.9. The first-order valence-corrected chi connectivity index (χ1v) is 31.6. The average Bonchev–Trinajstić information content (AvgIpc) is 3.86. The molecule has 2 unspecified atom stereocenters. The van der Waals surface area contributed by atoms with Crippen LogP contribution in [0, 0.1) is 11.8 Å². The normalized spacial score (nSPS) is 16.3. The Hall–Kier alpha value is -4.73. The third-order valence-corrected chi connectivity index (χ3v) is 32.1. The van der Waals surface area contributed by atoms with E-state index in [2.05, 4.69) is 159 Å². The first-order valence-electron chi connectivity index (χ1n) is 21.0. The van der Waals surface area contributed by atoms with Crippen LogP contribution in [0.2, 0.25) is 0 Å². The standard InChI is InChI=1S/2C25H23.C2H3BN2O2.2ClH.Zr/c2*1-18(2)15-20-11-6-7-13-23(20)24-14-8-12-21-16-22(17-25(21)24)19-9-4-3-5-10-19;6-1-4-3-5-2-7;;;/h2*3-14,16-18H,15H2,1-2H3;1-2H,(H-,4,5,6,7);2*1H;/q;;;;;+1/p-1. The molecule has 0 radical (unpaired) electrons. The van der Waals surface area contributed by atoms with Crippen molar-refractivity contribution < 1.29 is 25.8 Å². The summed E-state index contributed by atoms with van der Waals surface area (Å²) in [6.07, 6.45) is 7.65. The molecule has 0 spiro atoms. The summed E-state index contributed by atoms with van der Waals surface area (Å²) in [4.78, 5) is 25.7. The summed E-state index contributed by atoms with van der Waals surface area (Å²) in [5.74, 6) is 0.919. The van der Waals surface area contributed by atoms with E-state index in [0.29, 0.717) is 24.7 Å². The molecule has 0 saturated carbocycles. The molecule has 2 atom stereocenters. The summed E-state index contributed by atoms with van der Waals surface area (Å²) in [5.41, 5.74) is 15.1. The molecule has 2 amide bonds. The van der Waals surface area contributed by atoms with Gasteiger partial charge >= 0.3 is 366 Å². The zero-order valence-corrected chi connectivity index (χ0v) is 38.5. The molecule has 8 heteroatoms. The van der Waals surface area contributed by atoms with Crippen molar-refractivity contribution in [2.45, 2.75) is 47.8 Å². The number of halogens is 2. The number of rotatable bonds is 15. The summed E-state index contributed by atoms with van der Waals surface area (Å²) in [7, 11) is 17.8. The number of carbonyl (C=O) groups is 2. The number of benzene rings is 6. The third kappa shape index (κ3) is 7.50. The second kappa shape index (κ2) is 17.3. The summed E-state index contributed by atoms with van der Waals surface area (Å²) >= 11 is -6.22. The Kier molecular flexibility index (Phi) is 12.1. The number of amides is 2. The van der Waals surface area contributed by atoms with E-state index >= 15 is 0 Å². The van der Waals surface area contributed by atoms with Gasteiger partial charge < -0.3 is 0 Å². The molecule has 0 heterocycles. The van der Waals surface area contributed by atoms with Gasteiger partial charge in [0.15, 0.2) is 0 Å². The SMILES string of the molecule is CC(C)Cc1ccccc1-c1cccc2c1C=C(c1ccccc1)[CH]2[Zr]([Cl])([Cl])([B](NC=O)NC=O)[CH]1C(c2ccccc2)=Cc2c(-c3ccccc3CC(C)C)cccc21. The average molecular weight is 908 g/mol. The van der Waals surface area contributed by atoms with Gasteiger partial charge in [0, 0.05) is 0 Å². The molecule has 0 aromatic heterocycles. The number of fused-ring (bicyclic) bond motifs is 2. The quantitative estimate of drug-likeness (QED) is 0.0797. The van der Waals surface area contributed by atoms with Gasteiger partial charge in [0.1, 0.15) is 0 Å². The Bertz CT molecular complexity index is 2450. The minimum absolute atomic E-state index is 0.460. The van der Waals surface area contributed by atoms with E-state index in [-0.39, 0.29) is 0 Å². The predicted octanol–water partition coefficient (Wildman–Crippen LogP) is 12.8. The van der Waals surface area contributed by atoms with Crippen LogP contribution in [0.25, 0.3) is 45.6 Å². The monoisotopic (exact) mass is 905 g/mol. The molecule has 2 N–H and O–H groups in total. The molecule has 6 aromatic carbocycles. The van der Waals surface area contributed by atoms with Crippen molar-refractivity contribution in [2.24, 2.45) is 11.8 Å². The second-order valence-corrected chi connectivity index (χ2v) is 38.6. The van der Waals surface area contributed by atoms with Crippen molar-refractivity contribution in [3.05, 3.63) is 190 Å². The van der Waals surface area contributed by atoms with Crippen LogP contribution < -0.4 is 10.5 Å². The summed E-state index contributed by atoms with van der Waals surface area (Å²) in [6.45, 7) is 8.98. The molecule has 0 bridgehead atoms. The first-order chi connectivity index (χ1) is 29.0. The first kappa shape index (κ1) is 42.0. The predicted molar refractivity (Wildman–Crippen MR) is 251 cm³/mol. The Morgan fingerprint density at radius 2 is 0.883 bits per heavy atom. The van der Waals surface area contributed by atoms with Crippen molar-refractivity contribution in [3.63, 3.8) is 0 Å². The Morgan fingerprint density at radius 3 is 1.27 bits per heavy atom. The Morgan fingerprint density at radius 1 is 0.517 bits per heavy atom. The van der Waals surface area contributed by atoms with E-state index in [4.69, 9.17) is 17.0 Å². The van der Waals surface area contributed by atoms with E-state index in [9.17, 15) is 9.59 Å². The number of hydrogen-bond donors (Lipinski definition) is 2. The van der Waals surface area contributed by atoms with Crippen molar-refractivity contribution >= 4 is 57.7 Å².